The van der Waals surface area contributed by atoms with E-state index in [-0.39, 0.29) is 0 Å². The molecule has 0 atom stereocenters. The van der Waals surface area contributed by atoms with E-state index in [2.05, 4.69) is 57.6 Å². The van der Waals surface area contributed by atoms with E-state index in [4.69, 9.17) is 0 Å². The molecule has 0 saturated heterocycles. The third kappa shape index (κ3) is 3.42. The van der Waals surface area contributed by atoms with Crippen molar-refractivity contribution >= 4 is 16.7 Å². The molecule has 3 aromatic rings. The smallest absolute Gasteiger partial charge is 0.137 e. The van der Waals surface area contributed by atoms with Gasteiger partial charge in [-0.2, -0.15) is 5.10 Å². The van der Waals surface area contributed by atoms with Crippen molar-refractivity contribution in [1.82, 2.24) is 24.6 Å². The zero-order valence-corrected chi connectivity index (χ0v) is 15.7. The van der Waals surface area contributed by atoms with Crippen LogP contribution in [0, 0.1) is 0 Å². The molecule has 0 radical (unpaired) electrons. The molecule has 0 spiro atoms. The fourth-order valence-electron chi connectivity index (χ4n) is 3.85. The Hall–Kier alpha value is -2.47. The van der Waals surface area contributed by atoms with Crippen molar-refractivity contribution in [2.75, 3.05) is 19.4 Å². The molecule has 0 amide bonds. The molecule has 0 bridgehead atoms. The van der Waals surface area contributed by atoms with Crippen molar-refractivity contribution in [2.24, 2.45) is 7.05 Å². The molecule has 2 aromatic heterocycles. The van der Waals surface area contributed by atoms with Crippen LogP contribution in [-0.2, 0) is 7.05 Å². The van der Waals surface area contributed by atoms with E-state index in [0.717, 1.165) is 27.8 Å². The number of aromatic nitrogens is 4. The first-order valence-electron chi connectivity index (χ1n) is 9.27. The zero-order chi connectivity index (χ0) is 18.1. The number of nitrogens with zero attached hydrogens (tertiary/aromatic N) is 5. The molecule has 4 rings (SSSR count). The third-order valence-corrected chi connectivity index (χ3v) is 5.44. The Kier molecular flexibility index (Phi) is 4.59. The van der Waals surface area contributed by atoms with Gasteiger partial charge in [0.05, 0.1) is 11.7 Å². The lowest BCUT2D eigenvalue weighted by Gasteiger charge is -2.33. The highest BCUT2D eigenvalue weighted by molar-refractivity contribution is 5.92. The summed E-state index contributed by atoms with van der Waals surface area (Å²) in [5, 5.41) is 9.03. The predicted octanol–water partition coefficient (Wildman–Crippen LogP) is 3.32. The topological polar surface area (TPSA) is 58.9 Å². The van der Waals surface area contributed by atoms with E-state index in [1.807, 2.05) is 24.1 Å². The number of hydrogen-bond acceptors (Lipinski definition) is 5. The Morgan fingerprint density at radius 1 is 1.08 bits per heavy atom. The van der Waals surface area contributed by atoms with Crippen LogP contribution < -0.4 is 5.32 Å². The van der Waals surface area contributed by atoms with Gasteiger partial charge < -0.3 is 10.2 Å². The minimum Gasteiger partial charge on any atom is -0.367 e. The Bertz CT molecular complexity index is 892. The van der Waals surface area contributed by atoms with Crippen LogP contribution in [0.3, 0.4) is 0 Å². The van der Waals surface area contributed by atoms with Crippen LogP contribution in [-0.4, -0.2) is 50.8 Å². The number of aryl methyl sites for hydroxylation is 1. The van der Waals surface area contributed by atoms with Gasteiger partial charge in [0.15, 0.2) is 0 Å². The molecular weight excluding hydrogens is 324 g/mol. The maximum Gasteiger partial charge on any atom is 0.137 e. The second-order valence-electron chi connectivity index (χ2n) is 7.47. The van der Waals surface area contributed by atoms with Crippen LogP contribution >= 0.6 is 0 Å². The lowest BCUT2D eigenvalue weighted by atomic mass is 9.90. The number of anilines is 1. The van der Waals surface area contributed by atoms with Crippen molar-refractivity contribution in [3.8, 4) is 11.1 Å². The molecule has 0 unspecified atom stereocenters. The molecule has 2 heterocycles. The standard InChI is InChI=1S/C20H26N6/c1-25(2)17-7-5-16(6-8-17)24-20-18-10-14(15-11-23-26(3)12-15)4-9-19(18)21-13-22-20/h4,9-13,16-17H,5-8H2,1-3H3,(H,21,22,24). The van der Waals surface area contributed by atoms with Gasteiger partial charge in [0.2, 0.25) is 0 Å². The van der Waals surface area contributed by atoms with E-state index >= 15 is 0 Å². The van der Waals surface area contributed by atoms with Crippen molar-refractivity contribution in [3.05, 3.63) is 36.9 Å². The fraction of sp³-hybridized carbons (Fsp3) is 0.450. The van der Waals surface area contributed by atoms with Crippen molar-refractivity contribution in [3.63, 3.8) is 0 Å². The van der Waals surface area contributed by atoms with E-state index in [9.17, 15) is 0 Å². The van der Waals surface area contributed by atoms with Crippen LogP contribution in [0.1, 0.15) is 25.7 Å². The molecule has 6 heteroatoms. The first kappa shape index (κ1) is 17.0. The first-order valence-corrected chi connectivity index (χ1v) is 9.27. The quantitative estimate of drug-likeness (QED) is 0.782. The number of nitrogens with one attached hydrogen (secondary N) is 1. The van der Waals surface area contributed by atoms with Crippen molar-refractivity contribution < 1.29 is 0 Å². The number of fused-ring (bicyclic) bond motifs is 1. The molecule has 6 nitrogen and oxygen atoms in total. The first-order chi connectivity index (χ1) is 12.6. The van der Waals surface area contributed by atoms with Gasteiger partial charge in [0, 0.05) is 36.3 Å². The minimum atomic E-state index is 0.478. The maximum absolute atomic E-state index is 4.54. The van der Waals surface area contributed by atoms with Crippen LogP contribution in [0.5, 0.6) is 0 Å². The molecule has 1 aliphatic carbocycles. The van der Waals surface area contributed by atoms with Crippen LogP contribution in [0.15, 0.2) is 36.9 Å². The second-order valence-corrected chi connectivity index (χ2v) is 7.47. The molecule has 136 valence electrons. The summed E-state index contributed by atoms with van der Waals surface area (Å²) >= 11 is 0. The summed E-state index contributed by atoms with van der Waals surface area (Å²) < 4.78 is 1.82. The number of benzene rings is 1. The van der Waals surface area contributed by atoms with Crippen molar-refractivity contribution in [1.29, 1.82) is 0 Å². The third-order valence-electron chi connectivity index (χ3n) is 5.44. The highest BCUT2D eigenvalue weighted by Gasteiger charge is 2.23. The zero-order valence-electron chi connectivity index (χ0n) is 15.7. The molecule has 1 saturated carbocycles. The average Bonchev–Trinajstić information content (AvgIpc) is 3.08. The number of rotatable bonds is 4. The lowest BCUT2D eigenvalue weighted by molar-refractivity contribution is 0.221. The summed E-state index contributed by atoms with van der Waals surface area (Å²) in [5.41, 5.74) is 3.22. The molecule has 1 aromatic carbocycles. The van der Waals surface area contributed by atoms with Gasteiger partial charge in [0.25, 0.3) is 0 Å². The minimum absolute atomic E-state index is 0.478. The van der Waals surface area contributed by atoms with Gasteiger partial charge in [-0.05, 0) is 57.5 Å². The molecule has 1 aliphatic rings. The predicted molar refractivity (Wildman–Crippen MR) is 105 cm³/mol. The normalized spacial score (nSPS) is 20.6. The van der Waals surface area contributed by atoms with Crippen LogP contribution in [0.4, 0.5) is 5.82 Å². The Labute approximate surface area is 154 Å². The van der Waals surface area contributed by atoms with Crippen LogP contribution in [0.2, 0.25) is 0 Å². The monoisotopic (exact) mass is 350 g/mol. The average molecular weight is 350 g/mol. The van der Waals surface area contributed by atoms with Gasteiger partial charge in [-0.1, -0.05) is 6.07 Å². The fourth-order valence-corrected chi connectivity index (χ4v) is 3.85. The summed E-state index contributed by atoms with van der Waals surface area (Å²) in [6, 6.07) is 7.50. The highest BCUT2D eigenvalue weighted by Crippen LogP contribution is 2.29. The molecule has 26 heavy (non-hydrogen) atoms. The van der Waals surface area contributed by atoms with E-state index in [1.54, 1.807) is 6.33 Å². The van der Waals surface area contributed by atoms with E-state index in [0.29, 0.717) is 12.1 Å². The summed E-state index contributed by atoms with van der Waals surface area (Å²) in [7, 11) is 6.29. The van der Waals surface area contributed by atoms with Gasteiger partial charge in [0.1, 0.15) is 12.1 Å². The lowest BCUT2D eigenvalue weighted by Crippen LogP contribution is -2.36. The summed E-state index contributed by atoms with van der Waals surface area (Å²) in [5.74, 6) is 0.939. The van der Waals surface area contributed by atoms with Gasteiger partial charge in [-0.3, -0.25) is 4.68 Å². The molecule has 1 N–H and O–H groups in total. The Balaban J connectivity index is 1.59. The van der Waals surface area contributed by atoms with Crippen molar-refractivity contribution in [2.45, 2.75) is 37.8 Å². The van der Waals surface area contributed by atoms with Gasteiger partial charge in [-0.15, -0.1) is 0 Å². The largest absolute Gasteiger partial charge is 0.367 e. The van der Waals surface area contributed by atoms with Gasteiger partial charge >= 0.3 is 0 Å². The summed E-state index contributed by atoms with van der Waals surface area (Å²) in [6.45, 7) is 0. The Morgan fingerprint density at radius 3 is 2.58 bits per heavy atom. The maximum atomic E-state index is 4.54. The highest BCUT2D eigenvalue weighted by atomic mass is 15.2. The second kappa shape index (κ2) is 7.03. The van der Waals surface area contributed by atoms with E-state index < -0.39 is 0 Å². The molecular formula is C20H26N6. The molecule has 1 fully saturated rings. The van der Waals surface area contributed by atoms with Crippen LogP contribution in [0.25, 0.3) is 22.0 Å². The summed E-state index contributed by atoms with van der Waals surface area (Å²) in [6.07, 6.45) is 10.4. The molecule has 0 aliphatic heterocycles. The summed E-state index contributed by atoms with van der Waals surface area (Å²) in [4.78, 5) is 11.3. The number of hydrogen-bond donors (Lipinski definition) is 1. The Morgan fingerprint density at radius 2 is 1.88 bits per heavy atom. The van der Waals surface area contributed by atoms with Gasteiger partial charge in [-0.25, -0.2) is 9.97 Å². The van der Waals surface area contributed by atoms with E-state index in [1.165, 1.54) is 25.7 Å². The SMILES string of the molecule is CN(C)C1CCC(Nc2ncnc3ccc(-c4cnn(C)c4)cc23)CC1.